The molecule has 1 N–H and O–H groups in total. The van der Waals surface area contributed by atoms with Crippen LogP contribution in [0, 0.1) is 6.92 Å². The normalized spacial score (nSPS) is 10.8. The number of hydrogen-bond donors (Lipinski definition) is 1. The Labute approximate surface area is 140 Å². The number of amides is 1. The van der Waals surface area contributed by atoms with E-state index in [0.717, 1.165) is 15.2 Å². The maximum Gasteiger partial charge on any atom is 0.234 e. The van der Waals surface area contributed by atoms with Gasteiger partial charge in [-0.15, -0.1) is 11.3 Å². The molecule has 0 saturated heterocycles. The van der Waals surface area contributed by atoms with Crippen LogP contribution in [0.4, 0.5) is 5.69 Å². The molecule has 0 aliphatic heterocycles. The standard InChI is InChI=1S/C15H12ClN3OS2/c1-9-5-12-14(17-8-18-15(12)22-9)21-7-13(20)19-11-4-2-3-10(16)6-11/h2-6,8H,7H2,1H3,(H,19,20). The molecule has 0 radical (unpaired) electrons. The van der Waals surface area contributed by atoms with Crippen LogP contribution in [-0.2, 0) is 4.79 Å². The second-order valence-corrected chi connectivity index (χ2v) is 7.24. The number of nitrogens with one attached hydrogen (secondary N) is 1. The molecule has 0 aliphatic carbocycles. The number of halogens is 1. The maximum absolute atomic E-state index is 12.0. The molecule has 22 heavy (non-hydrogen) atoms. The number of benzene rings is 1. The van der Waals surface area contributed by atoms with Crippen molar-refractivity contribution in [1.82, 2.24) is 9.97 Å². The second-order valence-electron chi connectivity index (χ2n) is 4.60. The van der Waals surface area contributed by atoms with Crippen LogP contribution in [0.5, 0.6) is 0 Å². The Kier molecular flexibility index (Phi) is 4.61. The number of carbonyl (C=O) groups is 1. The molecular formula is C15H12ClN3OS2. The lowest BCUT2D eigenvalue weighted by molar-refractivity contribution is -0.113. The van der Waals surface area contributed by atoms with E-state index in [1.54, 1.807) is 35.6 Å². The van der Waals surface area contributed by atoms with Gasteiger partial charge in [0.2, 0.25) is 5.91 Å². The number of aromatic nitrogens is 2. The van der Waals surface area contributed by atoms with Crippen LogP contribution in [0.2, 0.25) is 5.02 Å². The Bertz CT molecular complexity index is 835. The first-order valence-electron chi connectivity index (χ1n) is 6.51. The third-order valence-electron chi connectivity index (χ3n) is 2.86. The summed E-state index contributed by atoms with van der Waals surface area (Å²) in [7, 11) is 0. The zero-order chi connectivity index (χ0) is 15.5. The van der Waals surface area contributed by atoms with Crippen molar-refractivity contribution >= 4 is 56.5 Å². The van der Waals surface area contributed by atoms with Gasteiger partial charge in [-0.25, -0.2) is 9.97 Å². The fourth-order valence-corrected chi connectivity index (χ4v) is 3.84. The lowest BCUT2D eigenvalue weighted by Gasteiger charge is -2.05. The molecule has 0 fully saturated rings. The topological polar surface area (TPSA) is 54.9 Å². The lowest BCUT2D eigenvalue weighted by Crippen LogP contribution is -2.14. The monoisotopic (exact) mass is 349 g/mol. The molecule has 3 rings (SSSR count). The van der Waals surface area contributed by atoms with E-state index in [4.69, 9.17) is 11.6 Å². The molecule has 0 aliphatic rings. The molecule has 0 atom stereocenters. The first-order chi connectivity index (χ1) is 10.6. The number of rotatable bonds is 4. The highest BCUT2D eigenvalue weighted by molar-refractivity contribution is 8.00. The zero-order valence-corrected chi connectivity index (χ0v) is 14.1. The van der Waals surface area contributed by atoms with Crippen LogP contribution in [0.15, 0.2) is 41.7 Å². The highest BCUT2D eigenvalue weighted by Gasteiger charge is 2.10. The summed E-state index contributed by atoms with van der Waals surface area (Å²) in [6.07, 6.45) is 1.54. The van der Waals surface area contributed by atoms with Crippen LogP contribution in [-0.4, -0.2) is 21.6 Å². The molecule has 7 heteroatoms. The van der Waals surface area contributed by atoms with Crippen molar-refractivity contribution in [2.45, 2.75) is 11.9 Å². The smallest absolute Gasteiger partial charge is 0.234 e. The molecule has 2 heterocycles. The Morgan fingerprint density at radius 1 is 1.36 bits per heavy atom. The second kappa shape index (κ2) is 6.64. The lowest BCUT2D eigenvalue weighted by atomic mass is 10.3. The molecule has 0 saturated carbocycles. The zero-order valence-electron chi connectivity index (χ0n) is 11.7. The van der Waals surface area contributed by atoms with Gasteiger partial charge in [0, 0.05) is 21.0 Å². The third-order valence-corrected chi connectivity index (χ3v) is 5.06. The summed E-state index contributed by atoms with van der Waals surface area (Å²) in [5.74, 6) is 0.194. The number of aryl methyl sites for hydroxylation is 1. The summed E-state index contributed by atoms with van der Waals surface area (Å²) in [6.45, 7) is 2.03. The van der Waals surface area contributed by atoms with E-state index in [9.17, 15) is 4.79 Å². The van der Waals surface area contributed by atoms with E-state index in [-0.39, 0.29) is 11.7 Å². The summed E-state index contributed by atoms with van der Waals surface area (Å²) in [5.41, 5.74) is 0.692. The van der Waals surface area contributed by atoms with Crippen molar-refractivity contribution in [2.75, 3.05) is 11.1 Å². The Morgan fingerprint density at radius 3 is 3.05 bits per heavy atom. The van der Waals surface area contributed by atoms with Gasteiger partial charge < -0.3 is 5.32 Å². The van der Waals surface area contributed by atoms with Crippen LogP contribution in [0.1, 0.15) is 4.88 Å². The van der Waals surface area contributed by atoms with Crippen LogP contribution in [0.25, 0.3) is 10.2 Å². The minimum Gasteiger partial charge on any atom is -0.325 e. The van der Waals surface area contributed by atoms with E-state index in [2.05, 4.69) is 21.4 Å². The Morgan fingerprint density at radius 2 is 2.23 bits per heavy atom. The summed E-state index contributed by atoms with van der Waals surface area (Å²) in [6, 6.07) is 9.14. The van der Waals surface area contributed by atoms with Gasteiger partial charge in [0.15, 0.2) is 0 Å². The van der Waals surface area contributed by atoms with E-state index < -0.39 is 0 Å². The van der Waals surface area contributed by atoms with Crippen molar-refractivity contribution in [2.24, 2.45) is 0 Å². The van der Waals surface area contributed by atoms with Crippen LogP contribution < -0.4 is 5.32 Å². The highest BCUT2D eigenvalue weighted by Crippen LogP contribution is 2.30. The molecule has 3 aromatic rings. The molecule has 2 aromatic heterocycles. The number of nitrogens with zero attached hydrogens (tertiary/aromatic N) is 2. The van der Waals surface area contributed by atoms with Crippen molar-refractivity contribution in [1.29, 1.82) is 0 Å². The number of anilines is 1. The minimum atomic E-state index is -0.0917. The molecule has 0 bridgehead atoms. The van der Waals surface area contributed by atoms with Gasteiger partial charge in [0.25, 0.3) is 0 Å². The Hall–Kier alpha value is -1.63. The first kappa shape index (κ1) is 15.3. The van der Waals surface area contributed by atoms with Crippen molar-refractivity contribution in [3.63, 3.8) is 0 Å². The van der Waals surface area contributed by atoms with Gasteiger partial charge >= 0.3 is 0 Å². The average molecular weight is 350 g/mol. The van der Waals surface area contributed by atoms with Crippen LogP contribution >= 0.6 is 34.7 Å². The van der Waals surface area contributed by atoms with Crippen molar-refractivity contribution < 1.29 is 4.79 Å². The molecule has 1 amide bonds. The quantitative estimate of drug-likeness (QED) is 0.561. The number of thioether (sulfide) groups is 1. The largest absolute Gasteiger partial charge is 0.325 e. The predicted octanol–water partition coefficient (Wildman–Crippen LogP) is 4.38. The fraction of sp³-hybridized carbons (Fsp3) is 0.133. The van der Waals surface area contributed by atoms with E-state index in [0.29, 0.717) is 10.7 Å². The average Bonchev–Trinajstić information content (AvgIpc) is 2.86. The molecule has 0 unspecified atom stereocenters. The van der Waals surface area contributed by atoms with Gasteiger partial charge in [-0.05, 0) is 31.2 Å². The fourth-order valence-electron chi connectivity index (χ4n) is 1.97. The van der Waals surface area contributed by atoms with Crippen molar-refractivity contribution in [3.8, 4) is 0 Å². The van der Waals surface area contributed by atoms with Gasteiger partial charge in [-0.3, -0.25) is 4.79 Å². The number of thiophene rings is 1. The first-order valence-corrected chi connectivity index (χ1v) is 8.69. The summed E-state index contributed by atoms with van der Waals surface area (Å²) >= 11 is 8.93. The molecule has 112 valence electrons. The number of carbonyl (C=O) groups excluding carboxylic acids is 1. The van der Waals surface area contributed by atoms with E-state index in [1.807, 2.05) is 6.92 Å². The highest BCUT2D eigenvalue weighted by atomic mass is 35.5. The summed E-state index contributed by atoms with van der Waals surface area (Å²) in [5, 5.41) is 5.25. The van der Waals surface area contributed by atoms with Crippen molar-refractivity contribution in [3.05, 3.63) is 46.6 Å². The summed E-state index contributed by atoms with van der Waals surface area (Å²) in [4.78, 5) is 22.7. The maximum atomic E-state index is 12.0. The van der Waals surface area contributed by atoms with Gasteiger partial charge in [0.1, 0.15) is 16.2 Å². The van der Waals surface area contributed by atoms with Gasteiger partial charge in [-0.2, -0.15) is 0 Å². The van der Waals surface area contributed by atoms with Gasteiger partial charge in [-0.1, -0.05) is 29.4 Å². The Balaban J connectivity index is 1.67. The predicted molar refractivity (Wildman–Crippen MR) is 93.0 cm³/mol. The molecule has 4 nitrogen and oxygen atoms in total. The SMILES string of the molecule is Cc1cc2c(SCC(=O)Nc3cccc(Cl)c3)ncnc2s1. The van der Waals surface area contributed by atoms with Crippen LogP contribution in [0.3, 0.4) is 0 Å². The molecular weight excluding hydrogens is 338 g/mol. The minimum absolute atomic E-state index is 0.0917. The third kappa shape index (κ3) is 3.58. The molecule has 0 spiro atoms. The number of fused-ring (bicyclic) bond motifs is 1. The summed E-state index contributed by atoms with van der Waals surface area (Å²) < 4.78 is 0. The van der Waals surface area contributed by atoms with E-state index >= 15 is 0 Å². The van der Waals surface area contributed by atoms with E-state index in [1.165, 1.54) is 23.0 Å². The molecule has 1 aromatic carbocycles. The number of hydrogen-bond acceptors (Lipinski definition) is 5. The van der Waals surface area contributed by atoms with Gasteiger partial charge in [0.05, 0.1) is 5.75 Å².